The summed E-state index contributed by atoms with van der Waals surface area (Å²) in [6.07, 6.45) is 3.77. The lowest BCUT2D eigenvalue weighted by Crippen LogP contribution is -2.34. The average molecular weight is 211 g/mol. The highest BCUT2D eigenvalue weighted by Crippen LogP contribution is 2.11. The topological polar surface area (TPSA) is 39.1 Å². The number of imidazole rings is 1. The SMILES string of the molecule is CCOC(C)(C)CNc1nccn1CC. The summed E-state index contributed by atoms with van der Waals surface area (Å²) in [5, 5.41) is 3.30. The zero-order valence-electron chi connectivity index (χ0n) is 10.1. The van der Waals surface area contributed by atoms with Crippen molar-refractivity contribution in [2.24, 2.45) is 0 Å². The van der Waals surface area contributed by atoms with Crippen LogP contribution in [0.1, 0.15) is 27.7 Å². The molecule has 1 rings (SSSR count). The van der Waals surface area contributed by atoms with Crippen LogP contribution in [-0.2, 0) is 11.3 Å². The third-order valence-electron chi connectivity index (χ3n) is 2.26. The van der Waals surface area contributed by atoms with E-state index in [4.69, 9.17) is 4.74 Å². The van der Waals surface area contributed by atoms with Gasteiger partial charge in [0.2, 0.25) is 5.95 Å². The molecule has 0 saturated carbocycles. The minimum Gasteiger partial charge on any atom is -0.374 e. The summed E-state index contributed by atoms with van der Waals surface area (Å²) in [7, 11) is 0. The Balaban J connectivity index is 2.49. The van der Waals surface area contributed by atoms with Crippen LogP contribution in [0.4, 0.5) is 5.95 Å². The molecule has 0 aliphatic carbocycles. The van der Waals surface area contributed by atoms with Gasteiger partial charge in [0.15, 0.2) is 0 Å². The summed E-state index contributed by atoms with van der Waals surface area (Å²) in [5.74, 6) is 0.908. The number of nitrogens with zero attached hydrogens (tertiary/aromatic N) is 2. The van der Waals surface area contributed by atoms with E-state index < -0.39 is 0 Å². The number of ether oxygens (including phenoxy) is 1. The van der Waals surface area contributed by atoms with Gasteiger partial charge in [-0.1, -0.05) is 0 Å². The van der Waals surface area contributed by atoms with E-state index in [0.29, 0.717) is 0 Å². The molecule has 1 heterocycles. The molecule has 0 unspecified atom stereocenters. The number of aryl methyl sites for hydroxylation is 1. The van der Waals surface area contributed by atoms with E-state index in [9.17, 15) is 0 Å². The molecule has 0 spiro atoms. The minimum atomic E-state index is -0.154. The lowest BCUT2D eigenvalue weighted by Gasteiger charge is -2.25. The summed E-state index contributed by atoms with van der Waals surface area (Å²) in [6.45, 7) is 10.7. The lowest BCUT2D eigenvalue weighted by atomic mass is 10.1. The first kappa shape index (κ1) is 12.0. The van der Waals surface area contributed by atoms with E-state index in [0.717, 1.165) is 25.6 Å². The summed E-state index contributed by atoms with van der Waals surface area (Å²) in [5.41, 5.74) is -0.154. The van der Waals surface area contributed by atoms with Gasteiger partial charge in [0.05, 0.1) is 5.60 Å². The summed E-state index contributed by atoms with van der Waals surface area (Å²) in [6, 6.07) is 0. The molecule has 0 saturated heterocycles. The maximum atomic E-state index is 5.60. The van der Waals surface area contributed by atoms with Crippen molar-refractivity contribution in [3.63, 3.8) is 0 Å². The summed E-state index contributed by atoms with van der Waals surface area (Å²) in [4.78, 5) is 4.25. The van der Waals surface area contributed by atoms with Gasteiger partial charge >= 0.3 is 0 Å². The van der Waals surface area contributed by atoms with E-state index >= 15 is 0 Å². The highest BCUT2D eigenvalue weighted by Gasteiger charge is 2.17. The standard InChI is InChI=1S/C11H21N3O/c1-5-14-8-7-12-10(14)13-9-11(3,4)15-6-2/h7-8H,5-6,9H2,1-4H3,(H,12,13). The molecule has 0 radical (unpaired) electrons. The number of aromatic nitrogens is 2. The van der Waals surface area contributed by atoms with Crippen LogP contribution in [0.3, 0.4) is 0 Å². The van der Waals surface area contributed by atoms with E-state index in [-0.39, 0.29) is 5.60 Å². The molecule has 1 N–H and O–H groups in total. The Labute approximate surface area is 91.7 Å². The van der Waals surface area contributed by atoms with Crippen LogP contribution in [0.15, 0.2) is 12.4 Å². The van der Waals surface area contributed by atoms with Gasteiger partial charge in [0, 0.05) is 32.1 Å². The second-order valence-corrected chi connectivity index (χ2v) is 4.08. The molecular formula is C11H21N3O. The van der Waals surface area contributed by atoms with Gasteiger partial charge in [-0.3, -0.25) is 0 Å². The van der Waals surface area contributed by atoms with Crippen molar-refractivity contribution in [1.29, 1.82) is 0 Å². The van der Waals surface area contributed by atoms with Crippen molar-refractivity contribution in [3.05, 3.63) is 12.4 Å². The van der Waals surface area contributed by atoms with Crippen molar-refractivity contribution < 1.29 is 4.74 Å². The predicted octanol–water partition coefficient (Wildman–Crippen LogP) is 2.13. The Morgan fingerprint density at radius 2 is 2.20 bits per heavy atom. The molecule has 0 atom stereocenters. The molecule has 0 aromatic carbocycles. The lowest BCUT2D eigenvalue weighted by molar-refractivity contribution is 0.000545. The zero-order chi connectivity index (χ0) is 11.3. The molecule has 1 aromatic heterocycles. The summed E-state index contributed by atoms with van der Waals surface area (Å²) < 4.78 is 7.67. The fraction of sp³-hybridized carbons (Fsp3) is 0.727. The number of anilines is 1. The van der Waals surface area contributed by atoms with Crippen LogP contribution in [0.2, 0.25) is 0 Å². The van der Waals surface area contributed by atoms with Gasteiger partial charge in [0.25, 0.3) is 0 Å². The van der Waals surface area contributed by atoms with Crippen molar-refractivity contribution in [2.45, 2.75) is 39.8 Å². The molecule has 0 amide bonds. The fourth-order valence-corrected chi connectivity index (χ4v) is 1.47. The number of nitrogens with one attached hydrogen (secondary N) is 1. The first-order valence-corrected chi connectivity index (χ1v) is 5.48. The highest BCUT2D eigenvalue weighted by atomic mass is 16.5. The normalized spacial score (nSPS) is 11.7. The van der Waals surface area contributed by atoms with E-state index in [1.807, 2.05) is 13.1 Å². The molecule has 15 heavy (non-hydrogen) atoms. The minimum absolute atomic E-state index is 0.154. The molecule has 0 aliphatic rings. The van der Waals surface area contributed by atoms with Crippen LogP contribution in [0.5, 0.6) is 0 Å². The van der Waals surface area contributed by atoms with Crippen LogP contribution in [-0.4, -0.2) is 28.3 Å². The summed E-state index contributed by atoms with van der Waals surface area (Å²) >= 11 is 0. The maximum Gasteiger partial charge on any atom is 0.202 e. The molecule has 86 valence electrons. The van der Waals surface area contributed by atoms with Crippen molar-refractivity contribution in [2.75, 3.05) is 18.5 Å². The molecular weight excluding hydrogens is 190 g/mol. The van der Waals surface area contributed by atoms with Crippen LogP contribution >= 0.6 is 0 Å². The van der Waals surface area contributed by atoms with Gasteiger partial charge < -0.3 is 14.6 Å². The van der Waals surface area contributed by atoms with Gasteiger partial charge in [-0.25, -0.2) is 4.98 Å². The van der Waals surface area contributed by atoms with Gasteiger partial charge in [-0.2, -0.15) is 0 Å². The first-order chi connectivity index (χ1) is 7.09. The Bertz CT molecular complexity index is 294. The van der Waals surface area contributed by atoms with Gasteiger partial charge in [-0.15, -0.1) is 0 Å². The molecule has 1 aromatic rings. The van der Waals surface area contributed by atoms with Crippen LogP contribution < -0.4 is 5.32 Å². The second kappa shape index (κ2) is 5.16. The molecule has 0 fully saturated rings. The Hall–Kier alpha value is -1.03. The largest absolute Gasteiger partial charge is 0.374 e. The van der Waals surface area contributed by atoms with Crippen LogP contribution in [0.25, 0.3) is 0 Å². The zero-order valence-corrected chi connectivity index (χ0v) is 10.1. The Morgan fingerprint density at radius 3 is 2.80 bits per heavy atom. The van der Waals surface area contributed by atoms with Crippen LogP contribution in [0, 0.1) is 0 Å². The van der Waals surface area contributed by atoms with E-state index in [1.54, 1.807) is 6.20 Å². The van der Waals surface area contributed by atoms with Gasteiger partial charge in [0.1, 0.15) is 0 Å². The van der Waals surface area contributed by atoms with E-state index in [1.165, 1.54) is 0 Å². The van der Waals surface area contributed by atoms with Crippen molar-refractivity contribution in [3.8, 4) is 0 Å². The van der Waals surface area contributed by atoms with Crippen molar-refractivity contribution >= 4 is 5.95 Å². The second-order valence-electron chi connectivity index (χ2n) is 4.08. The quantitative estimate of drug-likeness (QED) is 0.783. The number of rotatable bonds is 6. The third kappa shape index (κ3) is 3.55. The third-order valence-corrected chi connectivity index (χ3v) is 2.26. The predicted molar refractivity (Wildman–Crippen MR) is 62.1 cm³/mol. The number of hydrogen-bond donors (Lipinski definition) is 1. The number of hydrogen-bond acceptors (Lipinski definition) is 3. The highest BCUT2D eigenvalue weighted by molar-refractivity contribution is 5.26. The Morgan fingerprint density at radius 1 is 1.47 bits per heavy atom. The first-order valence-electron chi connectivity index (χ1n) is 5.48. The smallest absolute Gasteiger partial charge is 0.202 e. The Kier molecular flexibility index (Phi) is 4.15. The van der Waals surface area contributed by atoms with E-state index in [2.05, 4.69) is 35.6 Å². The maximum absolute atomic E-state index is 5.60. The average Bonchev–Trinajstić information content (AvgIpc) is 2.62. The molecule has 0 aliphatic heterocycles. The molecule has 4 heteroatoms. The monoisotopic (exact) mass is 211 g/mol. The van der Waals surface area contributed by atoms with Gasteiger partial charge in [-0.05, 0) is 27.7 Å². The molecule has 0 bridgehead atoms. The molecule has 4 nitrogen and oxygen atoms in total. The fourth-order valence-electron chi connectivity index (χ4n) is 1.47. The van der Waals surface area contributed by atoms with Crippen molar-refractivity contribution in [1.82, 2.24) is 9.55 Å².